The van der Waals surface area contributed by atoms with Crippen LogP contribution in [-0.2, 0) is 10.2 Å². The molecule has 0 aromatic heterocycles. The van der Waals surface area contributed by atoms with Crippen LogP contribution in [0.4, 0.5) is 4.39 Å². The SMILES string of the molecule is CC1CCCN(C(N)=NCC2(c3cccc(F)c3)CCOCC2)C1. The highest BCUT2D eigenvalue weighted by Crippen LogP contribution is 2.35. The van der Waals surface area contributed by atoms with Gasteiger partial charge >= 0.3 is 0 Å². The Morgan fingerprint density at radius 3 is 2.92 bits per heavy atom. The summed E-state index contributed by atoms with van der Waals surface area (Å²) >= 11 is 0. The molecule has 0 radical (unpaired) electrons. The molecule has 1 aromatic carbocycles. The lowest BCUT2D eigenvalue weighted by Crippen LogP contribution is -2.45. The molecule has 2 saturated heterocycles. The van der Waals surface area contributed by atoms with E-state index in [1.807, 2.05) is 6.07 Å². The van der Waals surface area contributed by atoms with E-state index in [0.717, 1.165) is 31.5 Å². The van der Waals surface area contributed by atoms with Crippen molar-refractivity contribution >= 4 is 5.96 Å². The molecule has 0 spiro atoms. The molecule has 0 amide bonds. The Bertz CT molecular complexity index is 584. The minimum Gasteiger partial charge on any atom is -0.381 e. The standard InChI is InChI=1S/C19H28FN3O/c1-15-4-3-9-23(13-15)18(21)22-14-19(7-10-24-11-8-19)16-5-2-6-17(20)12-16/h2,5-6,12,15H,3-4,7-11,13-14H2,1H3,(H2,21,22). The number of piperidine rings is 1. The molecule has 1 unspecified atom stereocenters. The summed E-state index contributed by atoms with van der Waals surface area (Å²) in [4.78, 5) is 6.91. The summed E-state index contributed by atoms with van der Waals surface area (Å²) in [6.45, 7) is 6.18. The molecule has 2 heterocycles. The van der Waals surface area contributed by atoms with Gasteiger partial charge in [-0.2, -0.15) is 0 Å². The molecule has 3 rings (SSSR count). The Balaban J connectivity index is 1.78. The van der Waals surface area contributed by atoms with Gasteiger partial charge in [0.15, 0.2) is 5.96 Å². The van der Waals surface area contributed by atoms with Crippen LogP contribution in [0.1, 0.15) is 38.2 Å². The maximum absolute atomic E-state index is 13.7. The summed E-state index contributed by atoms with van der Waals surface area (Å²) in [6, 6.07) is 6.91. The van der Waals surface area contributed by atoms with Crippen molar-refractivity contribution in [3.05, 3.63) is 35.6 Å². The second kappa shape index (κ2) is 7.51. The molecule has 5 heteroatoms. The van der Waals surface area contributed by atoms with E-state index < -0.39 is 0 Å². The minimum absolute atomic E-state index is 0.174. The number of nitrogens with two attached hydrogens (primary N) is 1. The van der Waals surface area contributed by atoms with Gasteiger partial charge in [0, 0.05) is 31.7 Å². The number of aliphatic imine (C=N–C) groups is 1. The Labute approximate surface area is 143 Å². The van der Waals surface area contributed by atoms with Gasteiger partial charge in [0.25, 0.3) is 0 Å². The van der Waals surface area contributed by atoms with E-state index in [4.69, 9.17) is 15.5 Å². The molecule has 2 aliphatic rings. The summed E-state index contributed by atoms with van der Waals surface area (Å²) in [6.07, 6.45) is 4.13. The van der Waals surface area contributed by atoms with E-state index in [1.165, 1.54) is 18.9 Å². The Hall–Kier alpha value is -1.62. The van der Waals surface area contributed by atoms with Crippen LogP contribution in [-0.4, -0.2) is 43.7 Å². The topological polar surface area (TPSA) is 50.8 Å². The van der Waals surface area contributed by atoms with Gasteiger partial charge in [0.1, 0.15) is 5.82 Å². The van der Waals surface area contributed by atoms with E-state index in [2.05, 4.69) is 11.8 Å². The third-order valence-electron chi connectivity index (χ3n) is 5.41. The van der Waals surface area contributed by atoms with Gasteiger partial charge in [-0.3, -0.25) is 4.99 Å². The summed E-state index contributed by atoms with van der Waals surface area (Å²) < 4.78 is 19.3. The van der Waals surface area contributed by atoms with Gasteiger partial charge in [0.2, 0.25) is 0 Å². The van der Waals surface area contributed by atoms with Gasteiger partial charge < -0.3 is 15.4 Å². The number of likely N-dealkylation sites (tertiary alicyclic amines) is 1. The van der Waals surface area contributed by atoms with E-state index in [1.54, 1.807) is 12.1 Å². The lowest BCUT2D eigenvalue weighted by atomic mass is 9.74. The highest BCUT2D eigenvalue weighted by molar-refractivity contribution is 5.78. The molecule has 4 nitrogen and oxygen atoms in total. The molecule has 2 N–H and O–H groups in total. The average molecular weight is 333 g/mol. The summed E-state index contributed by atoms with van der Waals surface area (Å²) in [5, 5.41) is 0. The molecule has 0 bridgehead atoms. The van der Waals surface area contributed by atoms with Gasteiger partial charge in [-0.1, -0.05) is 19.1 Å². The van der Waals surface area contributed by atoms with Gasteiger partial charge in [-0.15, -0.1) is 0 Å². The largest absolute Gasteiger partial charge is 0.381 e. The fourth-order valence-electron chi connectivity index (χ4n) is 3.85. The lowest BCUT2D eigenvalue weighted by molar-refractivity contribution is 0.0529. The van der Waals surface area contributed by atoms with Crippen LogP contribution in [0.3, 0.4) is 0 Å². The zero-order chi connectivity index (χ0) is 17.0. The van der Waals surface area contributed by atoms with Crippen molar-refractivity contribution in [1.82, 2.24) is 4.90 Å². The van der Waals surface area contributed by atoms with Gasteiger partial charge in [-0.25, -0.2) is 4.39 Å². The number of hydrogen-bond donors (Lipinski definition) is 1. The summed E-state index contributed by atoms with van der Waals surface area (Å²) in [7, 11) is 0. The zero-order valence-electron chi connectivity index (χ0n) is 14.5. The van der Waals surface area contributed by atoms with Crippen LogP contribution in [0.2, 0.25) is 0 Å². The highest BCUT2D eigenvalue weighted by atomic mass is 19.1. The molecular formula is C19H28FN3O. The number of benzene rings is 1. The van der Waals surface area contributed by atoms with Crippen LogP contribution in [0, 0.1) is 11.7 Å². The molecule has 0 saturated carbocycles. The smallest absolute Gasteiger partial charge is 0.191 e. The van der Waals surface area contributed by atoms with Gasteiger partial charge in [0.05, 0.1) is 6.54 Å². The predicted molar refractivity (Wildman–Crippen MR) is 94.6 cm³/mol. The number of guanidine groups is 1. The normalized spacial score (nSPS) is 24.8. The van der Waals surface area contributed by atoms with Crippen molar-refractivity contribution < 1.29 is 9.13 Å². The first-order chi connectivity index (χ1) is 11.6. The summed E-state index contributed by atoms with van der Waals surface area (Å²) in [5.41, 5.74) is 7.10. The molecule has 1 atom stereocenters. The van der Waals surface area contributed by atoms with Crippen molar-refractivity contribution in [2.75, 3.05) is 32.8 Å². The second-order valence-corrected chi connectivity index (χ2v) is 7.27. The third-order valence-corrected chi connectivity index (χ3v) is 5.41. The fraction of sp³-hybridized carbons (Fsp3) is 0.632. The van der Waals surface area contributed by atoms with Crippen molar-refractivity contribution in [3.8, 4) is 0 Å². The number of hydrogen-bond acceptors (Lipinski definition) is 2. The molecule has 2 aliphatic heterocycles. The Morgan fingerprint density at radius 2 is 2.21 bits per heavy atom. The number of ether oxygens (including phenoxy) is 1. The van der Waals surface area contributed by atoms with Crippen molar-refractivity contribution in [2.45, 2.75) is 38.0 Å². The molecule has 24 heavy (non-hydrogen) atoms. The van der Waals surface area contributed by atoms with Gasteiger partial charge in [-0.05, 0) is 49.3 Å². The highest BCUT2D eigenvalue weighted by Gasteiger charge is 2.35. The zero-order valence-corrected chi connectivity index (χ0v) is 14.5. The summed E-state index contributed by atoms with van der Waals surface area (Å²) in [5.74, 6) is 1.09. The monoisotopic (exact) mass is 333 g/mol. The van der Waals surface area contributed by atoms with E-state index in [-0.39, 0.29) is 11.2 Å². The molecule has 1 aromatic rings. The van der Waals surface area contributed by atoms with E-state index in [9.17, 15) is 4.39 Å². The average Bonchev–Trinajstić information content (AvgIpc) is 2.60. The maximum Gasteiger partial charge on any atom is 0.191 e. The second-order valence-electron chi connectivity index (χ2n) is 7.27. The molecule has 0 aliphatic carbocycles. The number of rotatable bonds is 3. The third kappa shape index (κ3) is 3.89. The first-order valence-corrected chi connectivity index (χ1v) is 8.98. The number of nitrogens with zero attached hydrogens (tertiary/aromatic N) is 2. The molecule has 2 fully saturated rings. The first kappa shape index (κ1) is 17.2. The van der Waals surface area contributed by atoms with Crippen LogP contribution in [0.5, 0.6) is 0 Å². The molecule has 132 valence electrons. The van der Waals surface area contributed by atoms with Crippen molar-refractivity contribution in [3.63, 3.8) is 0 Å². The predicted octanol–water partition coefficient (Wildman–Crippen LogP) is 2.92. The first-order valence-electron chi connectivity index (χ1n) is 8.98. The lowest BCUT2D eigenvalue weighted by Gasteiger charge is -2.37. The minimum atomic E-state index is -0.194. The van der Waals surface area contributed by atoms with Crippen molar-refractivity contribution in [1.29, 1.82) is 0 Å². The van der Waals surface area contributed by atoms with E-state index >= 15 is 0 Å². The van der Waals surface area contributed by atoms with E-state index in [0.29, 0.717) is 31.6 Å². The fourth-order valence-corrected chi connectivity index (χ4v) is 3.85. The van der Waals surface area contributed by atoms with Crippen LogP contribution >= 0.6 is 0 Å². The number of halogens is 1. The quantitative estimate of drug-likeness (QED) is 0.683. The maximum atomic E-state index is 13.7. The van der Waals surface area contributed by atoms with Crippen LogP contribution in [0.25, 0.3) is 0 Å². The Morgan fingerprint density at radius 1 is 1.42 bits per heavy atom. The Kier molecular flexibility index (Phi) is 5.39. The van der Waals surface area contributed by atoms with Crippen LogP contribution < -0.4 is 5.73 Å². The van der Waals surface area contributed by atoms with Crippen LogP contribution in [0.15, 0.2) is 29.3 Å². The molecular weight excluding hydrogens is 305 g/mol. The van der Waals surface area contributed by atoms with Crippen molar-refractivity contribution in [2.24, 2.45) is 16.6 Å².